The maximum Gasteiger partial charge on any atom is 0.338 e. The second-order valence-corrected chi connectivity index (χ2v) is 6.46. The topological polar surface area (TPSA) is 64.6 Å². The summed E-state index contributed by atoms with van der Waals surface area (Å²) in [6, 6.07) is 12.7. The van der Waals surface area contributed by atoms with Crippen LogP contribution in [0.1, 0.15) is 35.7 Å². The van der Waals surface area contributed by atoms with Gasteiger partial charge in [-0.1, -0.05) is 18.2 Å². The molecule has 3 rings (SSSR count). The van der Waals surface area contributed by atoms with E-state index < -0.39 is 11.4 Å². The lowest BCUT2D eigenvalue weighted by Crippen LogP contribution is -2.45. The Hall–Kier alpha value is -2.73. The Balaban J connectivity index is 1.88. The second kappa shape index (κ2) is 8.31. The van der Waals surface area contributed by atoms with Gasteiger partial charge in [0.05, 0.1) is 17.6 Å². The largest absolute Gasteiger partial charge is 0.462 e. The van der Waals surface area contributed by atoms with Gasteiger partial charge in [0.1, 0.15) is 5.82 Å². The average molecular weight is 371 g/mol. The van der Waals surface area contributed by atoms with Crippen LogP contribution in [0.4, 0.5) is 10.1 Å². The Labute approximate surface area is 157 Å². The molecule has 6 heteroatoms. The van der Waals surface area contributed by atoms with Crippen molar-refractivity contribution in [3.63, 3.8) is 0 Å². The monoisotopic (exact) mass is 371 g/mol. The summed E-state index contributed by atoms with van der Waals surface area (Å²) in [5, 5.41) is 2.88. The van der Waals surface area contributed by atoms with Crippen molar-refractivity contribution in [2.75, 3.05) is 25.1 Å². The van der Waals surface area contributed by atoms with Gasteiger partial charge >= 0.3 is 5.97 Å². The van der Waals surface area contributed by atoms with Crippen molar-refractivity contribution in [1.82, 2.24) is 0 Å². The smallest absolute Gasteiger partial charge is 0.338 e. The highest BCUT2D eigenvalue weighted by atomic mass is 19.1. The molecule has 0 aliphatic carbocycles. The zero-order valence-corrected chi connectivity index (χ0v) is 15.2. The average Bonchev–Trinajstić information content (AvgIpc) is 2.69. The summed E-state index contributed by atoms with van der Waals surface area (Å²) >= 11 is 0. The van der Waals surface area contributed by atoms with Gasteiger partial charge in [0.25, 0.3) is 0 Å². The van der Waals surface area contributed by atoms with Crippen molar-refractivity contribution in [1.29, 1.82) is 0 Å². The number of ether oxygens (including phenoxy) is 2. The zero-order valence-electron chi connectivity index (χ0n) is 15.2. The van der Waals surface area contributed by atoms with Gasteiger partial charge in [-0.3, -0.25) is 4.79 Å². The van der Waals surface area contributed by atoms with Gasteiger partial charge in [-0.25, -0.2) is 9.18 Å². The zero-order chi connectivity index (χ0) is 19.3. The number of nitrogens with one attached hydrogen (secondary N) is 1. The molecular formula is C21H22FNO4. The lowest BCUT2D eigenvalue weighted by atomic mass is 9.73. The fourth-order valence-electron chi connectivity index (χ4n) is 3.34. The van der Waals surface area contributed by atoms with E-state index >= 15 is 0 Å². The first kappa shape index (κ1) is 19.0. The van der Waals surface area contributed by atoms with Crippen molar-refractivity contribution < 1.29 is 23.5 Å². The number of benzene rings is 2. The van der Waals surface area contributed by atoms with Crippen molar-refractivity contribution >= 4 is 17.6 Å². The van der Waals surface area contributed by atoms with Gasteiger partial charge in [-0.15, -0.1) is 0 Å². The van der Waals surface area contributed by atoms with E-state index in [0.717, 1.165) is 0 Å². The molecule has 1 heterocycles. The first-order valence-corrected chi connectivity index (χ1v) is 8.97. The summed E-state index contributed by atoms with van der Waals surface area (Å²) in [4.78, 5) is 25.1. The number of hydrogen-bond donors (Lipinski definition) is 1. The van der Waals surface area contributed by atoms with Gasteiger partial charge in [0.2, 0.25) is 5.91 Å². The molecule has 2 aromatic carbocycles. The number of rotatable bonds is 5. The minimum absolute atomic E-state index is 0.239. The summed E-state index contributed by atoms with van der Waals surface area (Å²) in [5.74, 6) is -1.06. The second-order valence-electron chi connectivity index (χ2n) is 6.46. The predicted octanol–water partition coefficient (Wildman–Crippen LogP) is 3.69. The van der Waals surface area contributed by atoms with E-state index in [2.05, 4.69) is 5.32 Å². The third-order valence-electron chi connectivity index (χ3n) is 4.79. The third kappa shape index (κ3) is 4.17. The molecule has 0 bridgehead atoms. The Bertz CT molecular complexity index is 830. The molecule has 0 spiro atoms. The van der Waals surface area contributed by atoms with Gasteiger partial charge in [-0.2, -0.15) is 0 Å². The van der Waals surface area contributed by atoms with E-state index in [4.69, 9.17) is 9.47 Å². The van der Waals surface area contributed by atoms with Gasteiger partial charge in [0.15, 0.2) is 0 Å². The van der Waals surface area contributed by atoms with Gasteiger partial charge < -0.3 is 14.8 Å². The quantitative estimate of drug-likeness (QED) is 0.814. The first-order valence-electron chi connectivity index (χ1n) is 8.97. The number of anilines is 1. The van der Waals surface area contributed by atoms with Crippen molar-refractivity contribution in [2.24, 2.45) is 0 Å². The molecule has 5 nitrogen and oxygen atoms in total. The summed E-state index contributed by atoms with van der Waals surface area (Å²) in [6.07, 6.45) is 0.916. The molecule has 1 aliphatic rings. The summed E-state index contributed by atoms with van der Waals surface area (Å²) in [6.45, 7) is 2.86. The van der Waals surface area contributed by atoms with Gasteiger partial charge in [0, 0.05) is 18.9 Å². The lowest BCUT2D eigenvalue weighted by molar-refractivity contribution is -0.125. The molecule has 1 fully saturated rings. The normalized spacial score (nSPS) is 15.8. The molecule has 1 saturated heterocycles. The molecular weight excluding hydrogens is 349 g/mol. The Morgan fingerprint density at radius 3 is 2.59 bits per heavy atom. The number of carbonyl (C=O) groups is 2. The minimum Gasteiger partial charge on any atom is -0.462 e. The first-order chi connectivity index (χ1) is 13.0. The highest BCUT2D eigenvalue weighted by Crippen LogP contribution is 2.36. The molecule has 0 atom stereocenters. The van der Waals surface area contributed by atoms with Crippen molar-refractivity contribution in [3.8, 4) is 0 Å². The van der Waals surface area contributed by atoms with Crippen LogP contribution in [0.25, 0.3) is 0 Å². The molecule has 0 radical (unpaired) electrons. The van der Waals surface area contributed by atoms with E-state index in [0.29, 0.717) is 42.9 Å². The Kier molecular flexibility index (Phi) is 5.86. The van der Waals surface area contributed by atoms with Crippen LogP contribution in [0, 0.1) is 5.82 Å². The SMILES string of the molecule is CCOC(=O)c1cccc(NC(=O)C2(c3cccc(F)c3)CCOCC2)c1. The number of hydrogen-bond acceptors (Lipinski definition) is 4. The standard InChI is InChI=1S/C21H22FNO4/c1-2-27-19(24)15-5-3-8-18(13-15)23-20(25)21(9-11-26-12-10-21)16-6-4-7-17(22)14-16/h3-8,13-14H,2,9-12H2,1H3,(H,23,25). The molecule has 1 N–H and O–H groups in total. The minimum atomic E-state index is -0.875. The van der Waals surface area contributed by atoms with Crippen molar-refractivity contribution in [3.05, 3.63) is 65.5 Å². The maximum absolute atomic E-state index is 13.8. The van der Waals surface area contributed by atoms with Gasteiger partial charge in [-0.05, 0) is 55.7 Å². The van der Waals surface area contributed by atoms with E-state index in [1.54, 1.807) is 43.3 Å². The van der Waals surface area contributed by atoms with Crippen LogP contribution in [0.15, 0.2) is 48.5 Å². The number of halogens is 1. The molecule has 0 aromatic heterocycles. The number of amides is 1. The lowest BCUT2D eigenvalue weighted by Gasteiger charge is -2.36. The fraction of sp³-hybridized carbons (Fsp3) is 0.333. The molecule has 0 unspecified atom stereocenters. The van der Waals surface area contributed by atoms with Crippen LogP contribution in [0.3, 0.4) is 0 Å². The Morgan fingerprint density at radius 1 is 1.15 bits per heavy atom. The Morgan fingerprint density at radius 2 is 1.89 bits per heavy atom. The summed E-state index contributed by atoms with van der Waals surface area (Å²) < 4.78 is 24.2. The van der Waals surface area contributed by atoms with Crippen molar-refractivity contribution in [2.45, 2.75) is 25.2 Å². The highest BCUT2D eigenvalue weighted by Gasteiger charge is 2.42. The molecule has 1 amide bonds. The molecule has 0 saturated carbocycles. The van der Waals surface area contributed by atoms with Crippen LogP contribution in [-0.2, 0) is 19.7 Å². The van der Waals surface area contributed by atoms with Crippen LogP contribution >= 0.6 is 0 Å². The highest BCUT2D eigenvalue weighted by molar-refractivity contribution is 6.00. The number of carbonyl (C=O) groups excluding carboxylic acids is 2. The molecule has 2 aromatic rings. The molecule has 27 heavy (non-hydrogen) atoms. The van der Waals surface area contributed by atoms with E-state index in [1.807, 2.05) is 0 Å². The van der Waals surface area contributed by atoms with Crippen LogP contribution < -0.4 is 5.32 Å². The van der Waals surface area contributed by atoms with E-state index in [-0.39, 0.29) is 18.3 Å². The molecule has 142 valence electrons. The van der Waals surface area contributed by atoms with E-state index in [9.17, 15) is 14.0 Å². The van der Waals surface area contributed by atoms with E-state index in [1.165, 1.54) is 12.1 Å². The predicted molar refractivity (Wildman–Crippen MR) is 99.2 cm³/mol. The maximum atomic E-state index is 13.8. The summed E-state index contributed by atoms with van der Waals surface area (Å²) in [5.41, 5.74) is 0.611. The van der Waals surface area contributed by atoms with Crippen LogP contribution in [0.5, 0.6) is 0 Å². The molecule has 1 aliphatic heterocycles. The van der Waals surface area contributed by atoms with Crippen LogP contribution in [-0.4, -0.2) is 31.7 Å². The third-order valence-corrected chi connectivity index (χ3v) is 4.79. The number of esters is 1. The summed E-state index contributed by atoms with van der Waals surface area (Å²) in [7, 11) is 0. The van der Waals surface area contributed by atoms with Crippen LogP contribution in [0.2, 0.25) is 0 Å². The fourth-order valence-corrected chi connectivity index (χ4v) is 3.34.